The molecule has 2 heterocycles. The van der Waals surface area contributed by atoms with Crippen molar-refractivity contribution >= 4 is 46.3 Å². The van der Waals surface area contributed by atoms with Gasteiger partial charge in [-0.1, -0.05) is 35.5 Å². The predicted molar refractivity (Wildman–Crippen MR) is 97.7 cm³/mol. The third-order valence-corrected chi connectivity index (χ3v) is 5.27. The Kier molecular flexibility index (Phi) is 5.23. The van der Waals surface area contributed by atoms with Crippen molar-refractivity contribution in [2.75, 3.05) is 5.32 Å². The monoisotopic (exact) mass is 379 g/mol. The van der Waals surface area contributed by atoms with Gasteiger partial charge in [-0.25, -0.2) is 0 Å². The number of hydrogen-bond donors (Lipinski definition) is 1. The van der Waals surface area contributed by atoms with Crippen molar-refractivity contribution in [2.24, 2.45) is 0 Å². The number of amides is 1. The number of carbonyl (C=O) groups excluding carboxylic acids is 1. The fourth-order valence-corrected chi connectivity index (χ4v) is 3.42. The predicted octanol–water partition coefficient (Wildman–Crippen LogP) is 4.88. The average Bonchev–Trinajstić information content (AvgIpc) is 3.21. The highest BCUT2D eigenvalue weighted by Gasteiger charge is 2.19. The molecule has 5 nitrogen and oxygen atoms in total. The average molecular weight is 380 g/mol. The SMILES string of the molecule is Cc1ccc(Cl)cc1NC(=O)C(C)Sc1nnc(-c2cccs2)o1. The van der Waals surface area contributed by atoms with Crippen molar-refractivity contribution in [3.63, 3.8) is 0 Å². The third kappa shape index (κ3) is 3.98. The van der Waals surface area contributed by atoms with Crippen molar-refractivity contribution in [1.82, 2.24) is 10.2 Å². The molecule has 0 fully saturated rings. The van der Waals surface area contributed by atoms with Crippen LogP contribution in [0.4, 0.5) is 5.69 Å². The first-order valence-corrected chi connectivity index (χ1v) is 9.27. The van der Waals surface area contributed by atoms with Gasteiger partial charge in [0.15, 0.2) is 0 Å². The van der Waals surface area contributed by atoms with E-state index < -0.39 is 0 Å². The van der Waals surface area contributed by atoms with Crippen molar-refractivity contribution in [3.05, 3.63) is 46.3 Å². The van der Waals surface area contributed by atoms with E-state index in [-0.39, 0.29) is 11.2 Å². The molecular formula is C16H14ClN3O2S2. The van der Waals surface area contributed by atoms with E-state index >= 15 is 0 Å². The molecule has 3 aromatic rings. The molecule has 0 aliphatic rings. The molecule has 0 spiro atoms. The number of thioether (sulfide) groups is 1. The number of carbonyl (C=O) groups is 1. The molecule has 1 aromatic carbocycles. The van der Waals surface area contributed by atoms with Gasteiger partial charge in [-0.15, -0.1) is 21.5 Å². The van der Waals surface area contributed by atoms with E-state index in [0.717, 1.165) is 10.4 Å². The van der Waals surface area contributed by atoms with E-state index in [2.05, 4.69) is 15.5 Å². The summed E-state index contributed by atoms with van der Waals surface area (Å²) in [5, 5.41) is 13.4. The maximum atomic E-state index is 12.4. The van der Waals surface area contributed by atoms with E-state index in [9.17, 15) is 4.79 Å². The van der Waals surface area contributed by atoms with Crippen LogP contribution in [0, 0.1) is 6.92 Å². The Morgan fingerprint density at radius 3 is 2.96 bits per heavy atom. The van der Waals surface area contributed by atoms with Gasteiger partial charge in [0, 0.05) is 10.7 Å². The molecule has 1 atom stereocenters. The van der Waals surface area contributed by atoms with Gasteiger partial charge in [0.2, 0.25) is 5.91 Å². The van der Waals surface area contributed by atoms with E-state index in [1.165, 1.54) is 23.1 Å². The van der Waals surface area contributed by atoms with Crippen LogP contribution >= 0.6 is 34.7 Å². The van der Waals surface area contributed by atoms with Crippen molar-refractivity contribution < 1.29 is 9.21 Å². The van der Waals surface area contributed by atoms with Gasteiger partial charge in [-0.3, -0.25) is 4.79 Å². The number of nitrogens with zero attached hydrogens (tertiary/aromatic N) is 2. The van der Waals surface area contributed by atoms with Gasteiger partial charge >= 0.3 is 0 Å². The number of anilines is 1. The van der Waals surface area contributed by atoms with Crippen molar-refractivity contribution in [3.8, 4) is 10.8 Å². The summed E-state index contributed by atoms with van der Waals surface area (Å²) in [6.45, 7) is 3.70. The maximum Gasteiger partial charge on any atom is 0.277 e. The van der Waals surface area contributed by atoms with Crippen molar-refractivity contribution in [1.29, 1.82) is 0 Å². The number of nitrogens with one attached hydrogen (secondary N) is 1. The normalized spacial score (nSPS) is 12.1. The highest BCUT2D eigenvalue weighted by Crippen LogP contribution is 2.29. The summed E-state index contributed by atoms with van der Waals surface area (Å²) in [4.78, 5) is 13.3. The molecule has 0 bridgehead atoms. The van der Waals surface area contributed by atoms with Crippen LogP contribution in [0.3, 0.4) is 0 Å². The summed E-state index contributed by atoms with van der Waals surface area (Å²) >= 11 is 8.71. The van der Waals surface area contributed by atoms with E-state index in [1.807, 2.05) is 30.5 Å². The number of halogens is 1. The van der Waals surface area contributed by atoms with Gasteiger partial charge < -0.3 is 9.73 Å². The molecule has 24 heavy (non-hydrogen) atoms. The standard InChI is InChI=1S/C16H14ClN3O2S2/c1-9-5-6-11(17)8-12(9)18-14(21)10(2)24-16-20-19-15(22-16)13-4-3-7-23-13/h3-8,10H,1-2H3,(H,18,21). The quantitative estimate of drug-likeness (QED) is 0.640. The molecule has 2 aromatic heterocycles. The lowest BCUT2D eigenvalue weighted by Gasteiger charge is -2.12. The van der Waals surface area contributed by atoms with Crippen LogP contribution in [0.5, 0.6) is 0 Å². The zero-order valence-corrected chi connectivity index (χ0v) is 15.3. The molecule has 0 aliphatic heterocycles. The van der Waals surface area contributed by atoms with E-state index in [4.69, 9.17) is 16.0 Å². The second kappa shape index (κ2) is 7.38. The molecule has 124 valence electrons. The summed E-state index contributed by atoms with van der Waals surface area (Å²) in [5.41, 5.74) is 1.65. The minimum absolute atomic E-state index is 0.152. The topological polar surface area (TPSA) is 68.0 Å². The van der Waals surface area contributed by atoms with Gasteiger partial charge in [0.05, 0.1) is 10.1 Å². The first-order valence-electron chi connectivity index (χ1n) is 7.14. The number of aryl methyl sites for hydroxylation is 1. The number of benzene rings is 1. The highest BCUT2D eigenvalue weighted by atomic mass is 35.5. The fraction of sp³-hybridized carbons (Fsp3) is 0.188. The molecule has 1 N–H and O–H groups in total. The molecule has 1 unspecified atom stereocenters. The summed E-state index contributed by atoms with van der Waals surface area (Å²) in [5.74, 6) is 0.312. The summed E-state index contributed by atoms with van der Waals surface area (Å²) in [6.07, 6.45) is 0. The molecule has 1 amide bonds. The Labute approximate surface area is 152 Å². The van der Waals surface area contributed by atoms with Gasteiger partial charge in [-0.2, -0.15) is 0 Å². The Morgan fingerprint density at radius 1 is 1.38 bits per heavy atom. The van der Waals surface area contributed by atoms with Crippen LogP contribution in [0.25, 0.3) is 10.8 Å². The van der Waals surface area contributed by atoms with Crippen LogP contribution in [-0.2, 0) is 4.79 Å². The Hall–Kier alpha value is -1.83. The zero-order valence-electron chi connectivity index (χ0n) is 12.9. The Balaban J connectivity index is 1.65. The number of rotatable bonds is 5. The van der Waals surface area contributed by atoms with Gasteiger partial charge in [0.25, 0.3) is 11.1 Å². The largest absolute Gasteiger partial charge is 0.410 e. The van der Waals surface area contributed by atoms with Crippen LogP contribution in [-0.4, -0.2) is 21.4 Å². The minimum atomic E-state index is -0.389. The lowest BCUT2D eigenvalue weighted by atomic mass is 10.2. The number of aromatic nitrogens is 2. The molecule has 0 aliphatic carbocycles. The van der Waals surface area contributed by atoms with Crippen LogP contribution < -0.4 is 5.32 Å². The highest BCUT2D eigenvalue weighted by molar-refractivity contribution is 8.00. The molecule has 0 saturated carbocycles. The Morgan fingerprint density at radius 2 is 2.21 bits per heavy atom. The fourth-order valence-electron chi connectivity index (χ4n) is 1.93. The molecule has 0 saturated heterocycles. The summed E-state index contributed by atoms with van der Waals surface area (Å²) < 4.78 is 5.59. The van der Waals surface area contributed by atoms with Crippen LogP contribution in [0.2, 0.25) is 5.02 Å². The first kappa shape index (κ1) is 17.0. The second-order valence-corrected chi connectivity index (χ2v) is 7.74. The van der Waals surface area contributed by atoms with E-state index in [0.29, 0.717) is 21.8 Å². The van der Waals surface area contributed by atoms with Crippen molar-refractivity contribution in [2.45, 2.75) is 24.3 Å². The lowest BCUT2D eigenvalue weighted by molar-refractivity contribution is -0.115. The smallest absolute Gasteiger partial charge is 0.277 e. The first-order chi connectivity index (χ1) is 11.5. The van der Waals surface area contributed by atoms with Gasteiger partial charge in [0.1, 0.15) is 0 Å². The summed E-state index contributed by atoms with van der Waals surface area (Å²) in [6, 6.07) is 9.20. The maximum absolute atomic E-state index is 12.4. The summed E-state index contributed by atoms with van der Waals surface area (Å²) in [7, 11) is 0. The number of hydrogen-bond acceptors (Lipinski definition) is 6. The van der Waals surface area contributed by atoms with E-state index in [1.54, 1.807) is 19.1 Å². The molecule has 3 rings (SSSR count). The molecular weight excluding hydrogens is 366 g/mol. The number of thiophene rings is 1. The Bertz CT molecular complexity index is 849. The lowest BCUT2D eigenvalue weighted by Crippen LogP contribution is -2.22. The molecule has 0 radical (unpaired) electrons. The minimum Gasteiger partial charge on any atom is -0.410 e. The van der Waals surface area contributed by atoms with Gasteiger partial charge in [-0.05, 0) is 43.0 Å². The second-order valence-electron chi connectivity index (χ2n) is 5.06. The van der Waals surface area contributed by atoms with Crippen LogP contribution in [0.1, 0.15) is 12.5 Å². The third-order valence-electron chi connectivity index (χ3n) is 3.24. The zero-order chi connectivity index (χ0) is 17.1. The molecule has 8 heteroatoms. The van der Waals surface area contributed by atoms with Crippen LogP contribution in [0.15, 0.2) is 45.4 Å².